The summed E-state index contributed by atoms with van der Waals surface area (Å²) < 4.78 is 1.19. The minimum absolute atomic E-state index is 0.0910. The Morgan fingerprint density at radius 3 is 2.41 bits per heavy atom. The van der Waals surface area contributed by atoms with E-state index in [1.165, 1.54) is 4.70 Å². The summed E-state index contributed by atoms with van der Waals surface area (Å²) in [5, 5.41) is 24.9. The van der Waals surface area contributed by atoms with Gasteiger partial charge in [-0.2, -0.15) is 0 Å². The van der Waals surface area contributed by atoms with Crippen molar-refractivity contribution in [3.05, 3.63) is 70.1 Å². The quantitative estimate of drug-likeness (QED) is 0.386. The molecule has 3 N–H and O–H groups in total. The van der Waals surface area contributed by atoms with E-state index in [0.29, 0.717) is 11.4 Å². The lowest BCUT2D eigenvalue weighted by atomic mass is 9.86. The van der Waals surface area contributed by atoms with Crippen LogP contribution in [0.4, 0.5) is 0 Å². The molecule has 8 heteroatoms. The molecule has 3 atom stereocenters. The number of carbonyl (C=O) groups excluding carboxylic acids is 1. The maximum Gasteiger partial charge on any atom is 0.307 e. The van der Waals surface area contributed by atoms with Gasteiger partial charge in [-0.25, -0.2) is 0 Å². The molecule has 0 fully saturated rings. The number of carboxylic acids is 2. The molecule has 1 aromatic heterocycles. The van der Waals surface area contributed by atoms with Gasteiger partial charge in [-0.05, 0) is 53.4 Å². The summed E-state index contributed by atoms with van der Waals surface area (Å²) in [5.41, 5.74) is 2.16. The zero-order chi connectivity index (χ0) is 23.3. The second-order valence-electron chi connectivity index (χ2n) is 7.81. The number of hydrogen-bond donors (Lipinski definition) is 3. The number of rotatable bonds is 10. The highest BCUT2D eigenvalue weighted by Crippen LogP contribution is 2.31. The smallest absolute Gasteiger partial charge is 0.307 e. The third-order valence-electron chi connectivity index (χ3n) is 5.49. The van der Waals surface area contributed by atoms with Crippen molar-refractivity contribution in [1.82, 2.24) is 5.32 Å². The Labute approximate surface area is 194 Å². The first-order valence-electron chi connectivity index (χ1n) is 10.2. The Hall–Kier alpha value is -2.90. The van der Waals surface area contributed by atoms with Gasteiger partial charge in [0.05, 0.1) is 12.3 Å². The molecule has 0 aliphatic heterocycles. The highest BCUT2D eigenvalue weighted by atomic mass is 35.5. The van der Waals surface area contributed by atoms with Crippen molar-refractivity contribution in [3.63, 3.8) is 0 Å². The maximum atomic E-state index is 12.6. The van der Waals surface area contributed by atoms with Gasteiger partial charge < -0.3 is 15.5 Å². The van der Waals surface area contributed by atoms with Gasteiger partial charge in [-0.3, -0.25) is 14.4 Å². The molecule has 0 spiro atoms. The fourth-order valence-electron chi connectivity index (χ4n) is 3.84. The average Bonchev–Trinajstić information content (AvgIpc) is 3.21. The third kappa shape index (κ3) is 6.08. The Morgan fingerprint density at radius 2 is 1.75 bits per heavy atom. The Bertz CT molecular complexity index is 1110. The minimum atomic E-state index is -1.30. The molecular formula is C24H24ClNO5S. The van der Waals surface area contributed by atoms with Crippen LogP contribution in [0.1, 0.15) is 36.8 Å². The Kier molecular flexibility index (Phi) is 7.88. The van der Waals surface area contributed by atoms with E-state index in [1.807, 2.05) is 30.5 Å². The first-order chi connectivity index (χ1) is 15.2. The van der Waals surface area contributed by atoms with Crippen LogP contribution in [0, 0.1) is 5.92 Å². The van der Waals surface area contributed by atoms with E-state index in [-0.39, 0.29) is 18.4 Å². The highest BCUT2D eigenvalue weighted by molar-refractivity contribution is 7.17. The minimum Gasteiger partial charge on any atom is -0.481 e. The number of amides is 1. The van der Waals surface area contributed by atoms with Crippen molar-refractivity contribution >= 4 is 50.9 Å². The highest BCUT2D eigenvalue weighted by Gasteiger charge is 2.27. The van der Waals surface area contributed by atoms with Crippen molar-refractivity contribution in [3.8, 4) is 0 Å². The van der Waals surface area contributed by atoms with Crippen LogP contribution in [0.15, 0.2) is 53.9 Å². The van der Waals surface area contributed by atoms with Crippen LogP contribution in [-0.4, -0.2) is 34.1 Å². The molecule has 1 amide bonds. The van der Waals surface area contributed by atoms with Crippen LogP contribution in [0.3, 0.4) is 0 Å². The molecular weight excluding hydrogens is 450 g/mol. The molecule has 0 aliphatic carbocycles. The molecule has 0 saturated carbocycles. The van der Waals surface area contributed by atoms with Gasteiger partial charge in [0.2, 0.25) is 5.91 Å². The van der Waals surface area contributed by atoms with Gasteiger partial charge in [0.1, 0.15) is 0 Å². The largest absolute Gasteiger partial charge is 0.481 e. The monoisotopic (exact) mass is 473 g/mol. The lowest BCUT2D eigenvalue weighted by Crippen LogP contribution is -2.39. The summed E-state index contributed by atoms with van der Waals surface area (Å²) in [6.45, 7) is 1.87. The SMILES string of the molecule is CC(NC(=O)CC(CC(=O)O)C(=O)O)C(Cc1cccc2ccsc12)c1ccc(Cl)cc1. The number of thiophene rings is 1. The van der Waals surface area contributed by atoms with E-state index in [9.17, 15) is 19.5 Å². The summed E-state index contributed by atoms with van der Waals surface area (Å²) >= 11 is 7.73. The zero-order valence-electron chi connectivity index (χ0n) is 17.5. The second kappa shape index (κ2) is 10.6. The fraction of sp³-hybridized carbons (Fsp3) is 0.292. The van der Waals surface area contributed by atoms with Crippen LogP contribution in [0.25, 0.3) is 10.1 Å². The summed E-state index contributed by atoms with van der Waals surface area (Å²) in [6, 6.07) is 15.4. The number of aliphatic carboxylic acids is 2. The van der Waals surface area contributed by atoms with Crippen molar-refractivity contribution in [1.29, 1.82) is 0 Å². The van der Waals surface area contributed by atoms with Gasteiger partial charge in [-0.15, -0.1) is 11.3 Å². The molecule has 1 heterocycles. The summed E-state index contributed by atoms with van der Waals surface area (Å²) in [5.74, 6) is -4.39. The second-order valence-corrected chi connectivity index (χ2v) is 9.16. The van der Waals surface area contributed by atoms with Gasteiger partial charge >= 0.3 is 11.9 Å². The topological polar surface area (TPSA) is 104 Å². The maximum absolute atomic E-state index is 12.6. The van der Waals surface area contributed by atoms with Crippen molar-refractivity contribution in [2.75, 3.05) is 0 Å². The third-order valence-corrected chi connectivity index (χ3v) is 6.75. The van der Waals surface area contributed by atoms with Crippen molar-refractivity contribution < 1.29 is 24.6 Å². The van der Waals surface area contributed by atoms with E-state index >= 15 is 0 Å². The number of hydrogen-bond acceptors (Lipinski definition) is 4. The normalized spacial score (nSPS) is 13.9. The molecule has 3 rings (SSSR count). The lowest BCUT2D eigenvalue weighted by Gasteiger charge is -2.26. The molecule has 3 unspecified atom stereocenters. The summed E-state index contributed by atoms with van der Waals surface area (Å²) in [7, 11) is 0. The Morgan fingerprint density at radius 1 is 1.03 bits per heavy atom. The van der Waals surface area contributed by atoms with E-state index in [2.05, 4.69) is 23.5 Å². The molecule has 0 radical (unpaired) electrons. The van der Waals surface area contributed by atoms with E-state index in [4.69, 9.17) is 16.7 Å². The number of carbonyl (C=O) groups is 3. The van der Waals surface area contributed by atoms with Gasteiger partial charge in [-0.1, -0.05) is 41.9 Å². The lowest BCUT2D eigenvalue weighted by molar-refractivity contribution is -0.149. The number of carboxylic acid groups (broad SMARTS) is 2. The zero-order valence-corrected chi connectivity index (χ0v) is 19.0. The summed E-state index contributed by atoms with van der Waals surface area (Å²) in [4.78, 5) is 34.8. The Balaban J connectivity index is 1.82. The predicted molar refractivity (Wildman–Crippen MR) is 125 cm³/mol. The number of benzene rings is 2. The standard InChI is InChI=1S/C24H24ClNO5S/c1-14(26-21(27)12-18(24(30)31)13-22(28)29)20(15-5-7-19(25)8-6-15)11-17-4-2-3-16-9-10-32-23(16)17/h2-10,14,18,20H,11-13H2,1H3,(H,26,27)(H,28,29)(H,30,31). The van der Waals surface area contributed by atoms with Crippen LogP contribution < -0.4 is 5.32 Å². The van der Waals surface area contributed by atoms with Gasteiger partial charge in [0.15, 0.2) is 0 Å². The first kappa shape index (κ1) is 23.8. The van der Waals surface area contributed by atoms with E-state index in [1.54, 1.807) is 23.5 Å². The number of halogens is 1. The van der Waals surface area contributed by atoms with Gasteiger partial charge in [0.25, 0.3) is 0 Å². The molecule has 3 aromatic rings. The predicted octanol–water partition coefficient (Wildman–Crippen LogP) is 4.95. The van der Waals surface area contributed by atoms with Crippen LogP contribution in [-0.2, 0) is 20.8 Å². The van der Waals surface area contributed by atoms with Crippen molar-refractivity contribution in [2.45, 2.75) is 38.1 Å². The average molecular weight is 474 g/mol. The molecule has 168 valence electrons. The molecule has 0 bridgehead atoms. The number of nitrogens with one attached hydrogen (secondary N) is 1. The molecule has 0 saturated heterocycles. The van der Waals surface area contributed by atoms with Crippen molar-refractivity contribution in [2.24, 2.45) is 5.92 Å². The summed E-state index contributed by atoms with van der Waals surface area (Å²) in [6.07, 6.45) is -0.323. The number of fused-ring (bicyclic) bond motifs is 1. The molecule has 32 heavy (non-hydrogen) atoms. The van der Waals surface area contributed by atoms with Gasteiger partial charge in [0, 0.05) is 28.1 Å². The molecule has 0 aliphatic rings. The molecule has 2 aromatic carbocycles. The van der Waals surface area contributed by atoms with Crippen LogP contribution in [0.2, 0.25) is 5.02 Å². The van der Waals surface area contributed by atoms with E-state index < -0.39 is 30.2 Å². The molecule has 6 nitrogen and oxygen atoms in total. The van der Waals surface area contributed by atoms with Crippen LogP contribution >= 0.6 is 22.9 Å². The fourth-order valence-corrected chi connectivity index (χ4v) is 4.89. The van der Waals surface area contributed by atoms with Crippen LogP contribution in [0.5, 0.6) is 0 Å². The van der Waals surface area contributed by atoms with E-state index in [0.717, 1.165) is 16.5 Å². The first-order valence-corrected chi connectivity index (χ1v) is 11.4.